The number of hydrogen-bond acceptors (Lipinski definition) is 3. The Hall–Kier alpha value is -0.900. The molecular weight excluding hydrogens is 164 g/mol. The first-order valence-corrected chi connectivity index (χ1v) is 4.95. The zero-order valence-corrected chi connectivity index (χ0v) is 8.01. The fourth-order valence-corrected chi connectivity index (χ4v) is 1.91. The van der Waals surface area contributed by atoms with Crippen molar-refractivity contribution in [3.05, 3.63) is 11.6 Å². The van der Waals surface area contributed by atoms with Gasteiger partial charge in [-0.05, 0) is 12.8 Å². The molecule has 1 aromatic rings. The molecule has 1 aliphatic carbocycles. The number of rotatable bonds is 2. The molecule has 1 aliphatic rings. The molecule has 0 atom stereocenters. The Kier molecular flexibility index (Phi) is 2.07. The maximum absolute atomic E-state index is 6.20. The maximum Gasteiger partial charge on any atom is 0.170 e. The van der Waals surface area contributed by atoms with Crippen molar-refractivity contribution in [1.29, 1.82) is 0 Å². The lowest BCUT2D eigenvalue weighted by atomic mass is 9.99. The van der Waals surface area contributed by atoms with Gasteiger partial charge in [0.25, 0.3) is 0 Å². The molecule has 0 saturated heterocycles. The minimum Gasteiger partial charge on any atom is -0.319 e. The molecule has 1 heterocycles. The summed E-state index contributed by atoms with van der Waals surface area (Å²) in [5, 5.41) is 7.10. The molecule has 3 N–H and O–H groups in total. The highest BCUT2D eigenvalue weighted by molar-refractivity contribution is 5.07. The third-order valence-electron chi connectivity index (χ3n) is 2.81. The van der Waals surface area contributed by atoms with E-state index in [4.69, 9.17) is 5.73 Å². The van der Waals surface area contributed by atoms with Crippen LogP contribution in [0.2, 0.25) is 0 Å². The van der Waals surface area contributed by atoms with Gasteiger partial charge in [-0.25, -0.2) is 4.98 Å². The second-order valence-electron chi connectivity index (χ2n) is 3.82. The summed E-state index contributed by atoms with van der Waals surface area (Å²) in [6.07, 6.45) is 5.34. The predicted octanol–water partition coefficient (Wildman–Crippen LogP) is 1.10. The van der Waals surface area contributed by atoms with Gasteiger partial charge in [-0.1, -0.05) is 19.8 Å². The number of hydrogen-bond donors (Lipinski definition) is 2. The Morgan fingerprint density at radius 3 is 2.69 bits per heavy atom. The van der Waals surface area contributed by atoms with Gasteiger partial charge in [0.2, 0.25) is 0 Å². The Morgan fingerprint density at radius 2 is 2.15 bits per heavy atom. The standard InChI is InChI=1S/C9H16N4/c1-2-7-11-8(13-12-7)9(10)5-3-4-6-9/h2-6,10H2,1H3,(H,11,12,13). The number of aryl methyl sites for hydroxylation is 1. The first-order valence-electron chi connectivity index (χ1n) is 4.95. The van der Waals surface area contributed by atoms with Crippen molar-refractivity contribution >= 4 is 0 Å². The van der Waals surface area contributed by atoms with Crippen molar-refractivity contribution < 1.29 is 0 Å². The summed E-state index contributed by atoms with van der Waals surface area (Å²) in [7, 11) is 0. The molecule has 72 valence electrons. The van der Waals surface area contributed by atoms with Crippen molar-refractivity contribution in [2.75, 3.05) is 0 Å². The second-order valence-corrected chi connectivity index (χ2v) is 3.82. The van der Waals surface area contributed by atoms with E-state index in [-0.39, 0.29) is 5.54 Å². The van der Waals surface area contributed by atoms with Crippen LogP contribution >= 0.6 is 0 Å². The largest absolute Gasteiger partial charge is 0.319 e. The first-order chi connectivity index (χ1) is 6.24. The molecule has 0 unspecified atom stereocenters. The van der Waals surface area contributed by atoms with Gasteiger partial charge in [0.05, 0.1) is 5.54 Å². The van der Waals surface area contributed by atoms with Gasteiger partial charge >= 0.3 is 0 Å². The molecule has 0 bridgehead atoms. The van der Waals surface area contributed by atoms with Crippen molar-refractivity contribution in [3.8, 4) is 0 Å². The van der Waals surface area contributed by atoms with Crippen LogP contribution in [0, 0.1) is 0 Å². The Labute approximate surface area is 77.9 Å². The molecule has 0 spiro atoms. The Bertz CT molecular complexity index is 286. The van der Waals surface area contributed by atoms with E-state index in [2.05, 4.69) is 22.1 Å². The van der Waals surface area contributed by atoms with E-state index in [0.29, 0.717) is 0 Å². The van der Waals surface area contributed by atoms with Crippen LogP contribution in [0.4, 0.5) is 0 Å². The molecule has 0 amide bonds. The number of nitrogens with zero attached hydrogens (tertiary/aromatic N) is 2. The Balaban J connectivity index is 2.23. The molecule has 13 heavy (non-hydrogen) atoms. The van der Waals surface area contributed by atoms with E-state index in [1.807, 2.05) is 0 Å². The van der Waals surface area contributed by atoms with Crippen LogP contribution in [-0.2, 0) is 12.0 Å². The number of H-pyrrole nitrogens is 1. The van der Waals surface area contributed by atoms with E-state index in [0.717, 1.165) is 30.9 Å². The zero-order valence-electron chi connectivity index (χ0n) is 8.01. The van der Waals surface area contributed by atoms with Crippen LogP contribution in [0.3, 0.4) is 0 Å². The summed E-state index contributed by atoms with van der Waals surface area (Å²) in [4.78, 5) is 4.39. The number of nitrogens with one attached hydrogen (secondary N) is 1. The summed E-state index contributed by atoms with van der Waals surface area (Å²) in [6, 6.07) is 0. The van der Waals surface area contributed by atoms with Gasteiger partial charge in [-0.2, -0.15) is 5.10 Å². The van der Waals surface area contributed by atoms with Crippen molar-refractivity contribution in [1.82, 2.24) is 15.2 Å². The second kappa shape index (κ2) is 3.10. The van der Waals surface area contributed by atoms with E-state index in [1.165, 1.54) is 12.8 Å². The highest BCUT2D eigenvalue weighted by Gasteiger charge is 2.34. The fraction of sp³-hybridized carbons (Fsp3) is 0.778. The average Bonchev–Trinajstić information content (AvgIpc) is 2.72. The lowest BCUT2D eigenvalue weighted by Crippen LogP contribution is -2.34. The van der Waals surface area contributed by atoms with Gasteiger partial charge in [-0.3, -0.25) is 5.10 Å². The lowest BCUT2D eigenvalue weighted by Gasteiger charge is -2.18. The molecule has 0 aromatic carbocycles. The molecule has 2 rings (SSSR count). The molecule has 1 aromatic heterocycles. The van der Waals surface area contributed by atoms with E-state index >= 15 is 0 Å². The van der Waals surface area contributed by atoms with E-state index in [1.54, 1.807) is 0 Å². The third-order valence-corrected chi connectivity index (χ3v) is 2.81. The van der Waals surface area contributed by atoms with Crippen LogP contribution in [0.1, 0.15) is 44.3 Å². The van der Waals surface area contributed by atoms with Crippen LogP contribution in [0.5, 0.6) is 0 Å². The molecule has 0 radical (unpaired) electrons. The molecular formula is C9H16N4. The number of nitrogens with two attached hydrogens (primary N) is 1. The van der Waals surface area contributed by atoms with Crippen LogP contribution in [0.15, 0.2) is 0 Å². The normalized spacial score (nSPS) is 20.8. The number of aromatic nitrogens is 3. The molecule has 0 aliphatic heterocycles. The number of aromatic amines is 1. The van der Waals surface area contributed by atoms with Crippen molar-refractivity contribution in [3.63, 3.8) is 0 Å². The summed E-state index contributed by atoms with van der Waals surface area (Å²) >= 11 is 0. The third kappa shape index (κ3) is 1.46. The minimum atomic E-state index is -0.246. The van der Waals surface area contributed by atoms with Gasteiger partial charge in [0.15, 0.2) is 5.82 Å². The lowest BCUT2D eigenvalue weighted by molar-refractivity contribution is 0.433. The fourth-order valence-electron chi connectivity index (χ4n) is 1.91. The molecule has 1 fully saturated rings. The topological polar surface area (TPSA) is 67.6 Å². The molecule has 4 heteroatoms. The molecule has 1 saturated carbocycles. The highest BCUT2D eigenvalue weighted by atomic mass is 15.2. The van der Waals surface area contributed by atoms with E-state index in [9.17, 15) is 0 Å². The summed E-state index contributed by atoms with van der Waals surface area (Å²) < 4.78 is 0. The smallest absolute Gasteiger partial charge is 0.170 e. The SMILES string of the molecule is CCc1nc(C2(N)CCCC2)n[nH]1. The minimum absolute atomic E-state index is 0.246. The first kappa shape index (κ1) is 8.69. The summed E-state index contributed by atoms with van der Waals surface area (Å²) in [5.74, 6) is 1.74. The van der Waals surface area contributed by atoms with Gasteiger partial charge in [-0.15, -0.1) is 0 Å². The molecule has 4 nitrogen and oxygen atoms in total. The Morgan fingerprint density at radius 1 is 1.46 bits per heavy atom. The monoisotopic (exact) mass is 180 g/mol. The quantitative estimate of drug-likeness (QED) is 0.716. The predicted molar refractivity (Wildman–Crippen MR) is 50.1 cm³/mol. The van der Waals surface area contributed by atoms with Gasteiger partial charge in [0.1, 0.15) is 5.82 Å². The maximum atomic E-state index is 6.20. The van der Waals surface area contributed by atoms with Crippen LogP contribution in [-0.4, -0.2) is 15.2 Å². The van der Waals surface area contributed by atoms with E-state index < -0.39 is 0 Å². The van der Waals surface area contributed by atoms with Gasteiger partial charge < -0.3 is 5.73 Å². The zero-order chi connectivity index (χ0) is 9.31. The summed E-state index contributed by atoms with van der Waals surface area (Å²) in [5.41, 5.74) is 5.96. The van der Waals surface area contributed by atoms with Crippen LogP contribution < -0.4 is 5.73 Å². The van der Waals surface area contributed by atoms with Crippen molar-refractivity contribution in [2.24, 2.45) is 5.73 Å². The summed E-state index contributed by atoms with van der Waals surface area (Å²) in [6.45, 7) is 2.06. The van der Waals surface area contributed by atoms with Crippen molar-refractivity contribution in [2.45, 2.75) is 44.6 Å². The average molecular weight is 180 g/mol. The highest BCUT2D eigenvalue weighted by Crippen LogP contribution is 2.34. The van der Waals surface area contributed by atoms with Crippen LogP contribution in [0.25, 0.3) is 0 Å². The van der Waals surface area contributed by atoms with Gasteiger partial charge in [0, 0.05) is 6.42 Å².